The predicted molar refractivity (Wildman–Crippen MR) is 71.4 cm³/mol. The van der Waals surface area contributed by atoms with E-state index in [4.69, 9.17) is 0 Å². The zero-order valence-corrected chi connectivity index (χ0v) is 11.7. The fraction of sp³-hybridized carbons (Fsp3) is 0.538. The summed E-state index contributed by atoms with van der Waals surface area (Å²) in [5.74, 6) is 0. The van der Waals surface area contributed by atoms with Gasteiger partial charge in [0.15, 0.2) is 0 Å². The van der Waals surface area contributed by atoms with Crippen LogP contribution in [0.25, 0.3) is 0 Å². The standard InChI is InChI=1S/C13H20BrNO/c1-10(2)15(8-11(3)16)9-12-4-6-13(14)7-5-12/h4-7,10-11,16H,8-9H2,1-3H3. The Morgan fingerprint density at radius 3 is 2.19 bits per heavy atom. The van der Waals surface area contributed by atoms with Gasteiger partial charge in [0, 0.05) is 23.6 Å². The van der Waals surface area contributed by atoms with E-state index in [-0.39, 0.29) is 6.10 Å². The largest absolute Gasteiger partial charge is 0.392 e. The van der Waals surface area contributed by atoms with Crippen LogP contribution in [0, 0.1) is 0 Å². The maximum Gasteiger partial charge on any atom is 0.0639 e. The normalized spacial score (nSPS) is 13.4. The van der Waals surface area contributed by atoms with Crippen molar-refractivity contribution in [3.8, 4) is 0 Å². The molecule has 1 rings (SSSR count). The molecule has 0 amide bonds. The molecule has 1 aromatic rings. The average Bonchev–Trinajstić information content (AvgIpc) is 2.19. The molecule has 0 heterocycles. The minimum absolute atomic E-state index is 0.280. The first-order chi connectivity index (χ1) is 7.49. The highest BCUT2D eigenvalue weighted by molar-refractivity contribution is 9.10. The Morgan fingerprint density at radius 1 is 1.19 bits per heavy atom. The molecule has 0 radical (unpaired) electrons. The van der Waals surface area contributed by atoms with Crippen molar-refractivity contribution in [2.45, 2.75) is 39.5 Å². The number of aliphatic hydroxyl groups excluding tert-OH is 1. The van der Waals surface area contributed by atoms with Crippen molar-refractivity contribution in [1.29, 1.82) is 0 Å². The quantitative estimate of drug-likeness (QED) is 0.899. The van der Waals surface area contributed by atoms with E-state index < -0.39 is 0 Å². The molecule has 3 heteroatoms. The van der Waals surface area contributed by atoms with Gasteiger partial charge in [-0.05, 0) is 38.5 Å². The molecule has 1 aromatic carbocycles. The van der Waals surface area contributed by atoms with E-state index in [1.54, 1.807) is 0 Å². The van der Waals surface area contributed by atoms with Crippen molar-refractivity contribution in [1.82, 2.24) is 4.90 Å². The summed E-state index contributed by atoms with van der Waals surface area (Å²) in [5.41, 5.74) is 1.28. The number of hydrogen-bond donors (Lipinski definition) is 1. The molecule has 0 aliphatic rings. The first-order valence-electron chi connectivity index (χ1n) is 5.65. The Kier molecular flexibility index (Phi) is 5.46. The molecule has 1 atom stereocenters. The zero-order valence-electron chi connectivity index (χ0n) is 10.2. The SMILES string of the molecule is CC(O)CN(Cc1ccc(Br)cc1)C(C)C. The third-order valence-electron chi connectivity index (χ3n) is 2.53. The van der Waals surface area contributed by atoms with Gasteiger partial charge in [0.1, 0.15) is 0 Å². The van der Waals surface area contributed by atoms with Crippen molar-refractivity contribution in [2.24, 2.45) is 0 Å². The van der Waals surface area contributed by atoms with Crippen molar-refractivity contribution in [3.05, 3.63) is 34.3 Å². The summed E-state index contributed by atoms with van der Waals surface area (Å²) >= 11 is 3.43. The molecule has 0 aromatic heterocycles. The molecular weight excluding hydrogens is 266 g/mol. The molecule has 1 N–H and O–H groups in total. The van der Waals surface area contributed by atoms with Crippen molar-refractivity contribution >= 4 is 15.9 Å². The third-order valence-corrected chi connectivity index (χ3v) is 3.06. The summed E-state index contributed by atoms with van der Waals surface area (Å²) in [6.07, 6.45) is -0.280. The first-order valence-corrected chi connectivity index (χ1v) is 6.45. The molecule has 0 saturated heterocycles. The molecule has 90 valence electrons. The van der Waals surface area contributed by atoms with E-state index in [0.717, 1.165) is 11.0 Å². The van der Waals surface area contributed by atoms with E-state index in [0.29, 0.717) is 12.6 Å². The van der Waals surface area contributed by atoms with Gasteiger partial charge in [0.05, 0.1) is 6.10 Å². The van der Waals surface area contributed by atoms with Crippen LogP contribution < -0.4 is 0 Å². The van der Waals surface area contributed by atoms with Gasteiger partial charge in [0.2, 0.25) is 0 Å². The van der Waals surface area contributed by atoms with Gasteiger partial charge in [-0.3, -0.25) is 4.90 Å². The number of benzene rings is 1. The molecule has 16 heavy (non-hydrogen) atoms. The van der Waals surface area contributed by atoms with Crippen LogP contribution in [0.5, 0.6) is 0 Å². The summed E-state index contributed by atoms with van der Waals surface area (Å²) in [6.45, 7) is 7.74. The lowest BCUT2D eigenvalue weighted by atomic mass is 10.2. The lowest BCUT2D eigenvalue weighted by molar-refractivity contribution is 0.103. The maximum atomic E-state index is 9.44. The van der Waals surface area contributed by atoms with Gasteiger partial charge in [-0.2, -0.15) is 0 Å². The molecule has 0 fully saturated rings. The average molecular weight is 286 g/mol. The fourth-order valence-electron chi connectivity index (χ4n) is 1.62. The summed E-state index contributed by atoms with van der Waals surface area (Å²) in [7, 11) is 0. The molecule has 0 bridgehead atoms. The molecule has 0 spiro atoms. The Labute approximate surface area is 106 Å². The lowest BCUT2D eigenvalue weighted by Crippen LogP contribution is -2.36. The van der Waals surface area contributed by atoms with E-state index >= 15 is 0 Å². The number of nitrogens with zero attached hydrogens (tertiary/aromatic N) is 1. The fourth-order valence-corrected chi connectivity index (χ4v) is 1.89. The zero-order chi connectivity index (χ0) is 12.1. The van der Waals surface area contributed by atoms with Crippen LogP contribution in [-0.4, -0.2) is 28.7 Å². The topological polar surface area (TPSA) is 23.5 Å². The third kappa shape index (κ3) is 4.64. The van der Waals surface area contributed by atoms with Crippen LogP contribution in [0.2, 0.25) is 0 Å². The summed E-state index contributed by atoms with van der Waals surface area (Å²) in [4.78, 5) is 2.27. The van der Waals surface area contributed by atoms with Crippen LogP contribution in [0.1, 0.15) is 26.3 Å². The van der Waals surface area contributed by atoms with Crippen LogP contribution in [-0.2, 0) is 6.54 Å². The predicted octanol–water partition coefficient (Wildman–Crippen LogP) is 3.04. The van der Waals surface area contributed by atoms with Gasteiger partial charge in [-0.25, -0.2) is 0 Å². The first kappa shape index (κ1) is 13.7. The highest BCUT2D eigenvalue weighted by Crippen LogP contribution is 2.13. The van der Waals surface area contributed by atoms with Crippen LogP contribution >= 0.6 is 15.9 Å². The van der Waals surface area contributed by atoms with E-state index in [2.05, 4.69) is 58.9 Å². The molecule has 0 saturated carbocycles. The summed E-state index contributed by atoms with van der Waals surface area (Å²) in [6, 6.07) is 8.77. The highest BCUT2D eigenvalue weighted by Gasteiger charge is 2.12. The summed E-state index contributed by atoms with van der Waals surface area (Å²) in [5, 5.41) is 9.44. The second-order valence-electron chi connectivity index (χ2n) is 4.50. The Morgan fingerprint density at radius 2 is 1.75 bits per heavy atom. The van der Waals surface area contributed by atoms with Gasteiger partial charge < -0.3 is 5.11 Å². The number of hydrogen-bond acceptors (Lipinski definition) is 2. The lowest BCUT2D eigenvalue weighted by Gasteiger charge is -2.27. The smallest absolute Gasteiger partial charge is 0.0639 e. The Balaban J connectivity index is 2.64. The molecular formula is C13H20BrNO. The maximum absolute atomic E-state index is 9.44. The molecule has 0 aliphatic carbocycles. The van der Waals surface area contributed by atoms with E-state index in [9.17, 15) is 5.11 Å². The number of halogens is 1. The number of rotatable bonds is 5. The monoisotopic (exact) mass is 285 g/mol. The van der Waals surface area contributed by atoms with Gasteiger partial charge in [-0.15, -0.1) is 0 Å². The second-order valence-corrected chi connectivity index (χ2v) is 5.41. The van der Waals surface area contributed by atoms with Crippen LogP contribution in [0.3, 0.4) is 0 Å². The van der Waals surface area contributed by atoms with Gasteiger partial charge in [0.25, 0.3) is 0 Å². The highest BCUT2D eigenvalue weighted by atomic mass is 79.9. The minimum atomic E-state index is -0.280. The van der Waals surface area contributed by atoms with Gasteiger partial charge >= 0.3 is 0 Å². The molecule has 0 aliphatic heterocycles. The molecule has 1 unspecified atom stereocenters. The molecule has 2 nitrogen and oxygen atoms in total. The minimum Gasteiger partial charge on any atom is -0.392 e. The van der Waals surface area contributed by atoms with Crippen LogP contribution in [0.15, 0.2) is 28.7 Å². The second kappa shape index (κ2) is 6.38. The number of aliphatic hydroxyl groups is 1. The summed E-state index contributed by atoms with van der Waals surface area (Å²) < 4.78 is 1.10. The van der Waals surface area contributed by atoms with Crippen molar-refractivity contribution < 1.29 is 5.11 Å². The Hall–Kier alpha value is -0.380. The van der Waals surface area contributed by atoms with Crippen LogP contribution in [0.4, 0.5) is 0 Å². The Bertz CT molecular complexity index is 308. The van der Waals surface area contributed by atoms with Gasteiger partial charge in [-0.1, -0.05) is 28.1 Å². The van der Waals surface area contributed by atoms with E-state index in [1.807, 2.05) is 6.92 Å². The van der Waals surface area contributed by atoms with Crippen molar-refractivity contribution in [2.75, 3.05) is 6.54 Å². The van der Waals surface area contributed by atoms with E-state index in [1.165, 1.54) is 5.56 Å². The van der Waals surface area contributed by atoms with Crippen molar-refractivity contribution in [3.63, 3.8) is 0 Å².